The van der Waals surface area contributed by atoms with Crippen molar-refractivity contribution in [2.75, 3.05) is 0 Å². The number of hydrogen-bond donors (Lipinski definition) is 0. The summed E-state index contributed by atoms with van der Waals surface area (Å²) in [5.41, 5.74) is 6.32. The van der Waals surface area contributed by atoms with E-state index in [0.717, 1.165) is 33.9 Å². The fourth-order valence-electron chi connectivity index (χ4n) is 5.35. The molecule has 0 aliphatic carbocycles. The van der Waals surface area contributed by atoms with Crippen LogP contribution in [0.3, 0.4) is 0 Å². The largest absolute Gasteiger partial charge is 0.423 e. The Hall–Kier alpha value is -4.50. The van der Waals surface area contributed by atoms with Gasteiger partial charge in [0.05, 0.1) is 11.6 Å². The minimum absolute atomic E-state index is 0.110. The first-order valence-electron chi connectivity index (χ1n) is 15.6. The van der Waals surface area contributed by atoms with Crippen LogP contribution in [-0.2, 0) is 6.42 Å². The molecule has 0 saturated heterocycles. The zero-order valence-electron chi connectivity index (χ0n) is 25.3. The topological polar surface area (TPSA) is 38.7 Å². The smallest absolute Gasteiger partial charge is 0.343 e. The molecule has 0 unspecified atom stereocenters. The number of benzene rings is 5. The highest BCUT2D eigenvalue weighted by Gasteiger charge is 2.10. The molecule has 0 amide bonds. The van der Waals surface area contributed by atoms with Crippen LogP contribution >= 0.6 is 0 Å². The standard InChI is InChI=1S/C40H41NO2/c1-3-4-5-6-7-9-12-31-15-20-37-28-38(22-21-36(37)27-31)40(42)43-39-25-23-35(24-26-39)34-18-16-32(17-19-34)29-41-30(2)33-13-10-8-11-14-33/h8,10-11,13-30H,3-7,9,12H2,1-2H3/t30-/m1/s1. The van der Waals surface area contributed by atoms with Gasteiger partial charge in [-0.05, 0) is 82.6 Å². The molecular formula is C40H41NO2. The third-order valence-electron chi connectivity index (χ3n) is 8.00. The lowest BCUT2D eigenvalue weighted by molar-refractivity contribution is 0.0735. The molecule has 1 atom stereocenters. The first kappa shape index (κ1) is 30.0. The Morgan fingerprint density at radius 2 is 1.37 bits per heavy atom. The second-order valence-corrected chi connectivity index (χ2v) is 11.3. The lowest BCUT2D eigenvalue weighted by Gasteiger charge is -2.08. The van der Waals surface area contributed by atoms with Gasteiger partial charge in [-0.3, -0.25) is 4.99 Å². The van der Waals surface area contributed by atoms with Gasteiger partial charge < -0.3 is 4.74 Å². The van der Waals surface area contributed by atoms with E-state index in [2.05, 4.69) is 68.4 Å². The number of carbonyl (C=O) groups is 1. The molecule has 0 bridgehead atoms. The molecule has 5 aromatic carbocycles. The first-order valence-corrected chi connectivity index (χ1v) is 15.6. The Morgan fingerprint density at radius 3 is 2.12 bits per heavy atom. The van der Waals surface area contributed by atoms with Crippen molar-refractivity contribution in [2.24, 2.45) is 4.99 Å². The minimum Gasteiger partial charge on any atom is -0.423 e. The molecule has 43 heavy (non-hydrogen) atoms. The Balaban J connectivity index is 1.15. The quantitative estimate of drug-likeness (QED) is 0.0614. The van der Waals surface area contributed by atoms with Crippen LogP contribution in [0.15, 0.2) is 120 Å². The number of rotatable bonds is 13. The number of esters is 1. The maximum absolute atomic E-state index is 12.9. The van der Waals surface area contributed by atoms with Crippen molar-refractivity contribution in [2.45, 2.75) is 64.8 Å². The highest BCUT2D eigenvalue weighted by Crippen LogP contribution is 2.25. The predicted octanol–water partition coefficient (Wildman–Crippen LogP) is 10.8. The van der Waals surface area contributed by atoms with Crippen molar-refractivity contribution >= 4 is 23.0 Å². The molecule has 0 aromatic heterocycles. The van der Waals surface area contributed by atoms with E-state index < -0.39 is 0 Å². The highest BCUT2D eigenvalue weighted by molar-refractivity contribution is 5.96. The minimum atomic E-state index is -0.348. The summed E-state index contributed by atoms with van der Waals surface area (Å²) in [6.07, 6.45) is 10.8. The van der Waals surface area contributed by atoms with Gasteiger partial charge in [0.1, 0.15) is 5.75 Å². The third-order valence-corrected chi connectivity index (χ3v) is 8.00. The molecule has 0 N–H and O–H groups in total. The molecule has 0 aliphatic heterocycles. The maximum atomic E-state index is 12.9. The molecule has 3 heteroatoms. The molecule has 5 aromatic rings. The van der Waals surface area contributed by atoms with Gasteiger partial charge in [0.15, 0.2) is 0 Å². The predicted molar refractivity (Wildman–Crippen MR) is 180 cm³/mol. The number of ether oxygens (including phenoxy) is 1. The Kier molecular flexibility index (Phi) is 10.5. The summed E-state index contributed by atoms with van der Waals surface area (Å²) >= 11 is 0. The van der Waals surface area contributed by atoms with E-state index in [-0.39, 0.29) is 12.0 Å². The zero-order chi connectivity index (χ0) is 29.9. The summed E-state index contributed by atoms with van der Waals surface area (Å²) in [6, 6.07) is 38.7. The summed E-state index contributed by atoms with van der Waals surface area (Å²) in [4.78, 5) is 17.6. The van der Waals surface area contributed by atoms with Gasteiger partial charge in [0.25, 0.3) is 0 Å². The fraction of sp³-hybridized carbons (Fsp3) is 0.250. The Morgan fingerprint density at radius 1 is 0.721 bits per heavy atom. The van der Waals surface area contributed by atoms with Crippen molar-refractivity contribution in [3.63, 3.8) is 0 Å². The van der Waals surface area contributed by atoms with Crippen LogP contribution in [0.5, 0.6) is 5.75 Å². The maximum Gasteiger partial charge on any atom is 0.343 e. The van der Waals surface area contributed by atoms with Crippen LogP contribution in [0, 0.1) is 0 Å². The number of hydrogen-bond acceptors (Lipinski definition) is 3. The van der Waals surface area contributed by atoms with Gasteiger partial charge in [-0.2, -0.15) is 0 Å². The van der Waals surface area contributed by atoms with Crippen molar-refractivity contribution in [3.8, 4) is 16.9 Å². The third kappa shape index (κ3) is 8.51. The van der Waals surface area contributed by atoms with Crippen LogP contribution in [-0.4, -0.2) is 12.2 Å². The van der Waals surface area contributed by atoms with E-state index in [9.17, 15) is 4.79 Å². The normalized spacial score (nSPS) is 12.0. The molecule has 0 aliphatic rings. The zero-order valence-corrected chi connectivity index (χ0v) is 25.3. The van der Waals surface area contributed by atoms with Gasteiger partial charge in [-0.25, -0.2) is 4.79 Å². The lowest BCUT2D eigenvalue weighted by Crippen LogP contribution is -2.08. The summed E-state index contributed by atoms with van der Waals surface area (Å²) in [5.74, 6) is 0.181. The van der Waals surface area contributed by atoms with Crippen molar-refractivity contribution in [1.82, 2.24) is 0 Å². The second kappa shape index (κ2) is 15.1. The van der Waals surface area contributed by atoms with E-state index in [1.54, 1.807) is 0 Å². The number of fused-ring (bicyclic) bond motifs is 1. The number of unbranched alkanes of at least 4 members (excludes halogenated alkanes) is 5. The van der Waals surface area contributed by atoms with Gasteiger partial charge in [-0.15, -0.1) is 0 Å². The molecule has 0 spiro atoms. The lowest BCUT2D eigenvalue weighted by atomic mass is 10.0. The number of aryl methyl sites for hydroxylation is 1. The van der Waals surface area contributed by atoms with Gasteiger partial charge >= 0.3 is 5.97 Å². The van der Waals surface area contributed by atoms with E-state index in [4.69, 9.17) is 9.73 Å². The molecular weight excluding hydrogens is 526 g/mol. The average Bonchev–Trinajstić information content (AvgIpc) is 3.06. The van der Waals surface area contributed by atoms with Gasteiger partial charge in [0.2, 0.25) is 0 Å². The van der Waals surface area contributed by atoms with Crippen LogP contribution in [0.4, 0.5) is 0 Å². The van der Waals surface area contributed by atoms with Crippen molar-refractivity contribution in [1.29, 1.82) is 0 Å². The van der Waals surface area contributed by atoms with E-state index in [1.807, 2.05) is 66.9 Å². The van der Waals surface area contributed by atoms with Crippen LogP contribution in [0.25, 0.3) is 21.9 Å². The molecule has 0 saturated carbocycles. The molecule has 0 radical (unpaired) electrons. The second-order valence-electron chi connectivity index (χ2n) is 11.3. The van der Waals surface area contributed by atoms with Crippen LogP contribution in [0.2, 0.25) is 0 Å². The summed E-state index contributed by atoms with van der Waals surface area (Å²) in [5, 5.41) is 2.21. The fourth-order valence-corrected chi connectivity index (χ4v) is 5.35. The molecule has 5 rings (SSSR count). The number of aliphatic imine (C=N–C) groups is 1. The SMILES string of the molecule is CCCCCCCCc1ccc2cc(C(=O)Oc3ccc(-c4ccc(C=N[C@H](C)c5ccccc5)cc4)cc3)ccc2c1. The number of nitrogens with zero attached hydrogens (tertiary/aromatic N) is 1. The van der Waals surface area contributed by atoms with Gasteiger partial charge in [-0.1, -0.05) is 130 Å². The summed E-state index contributed by atoms with van der Waals surface area (Å²) < 4.78 is 5.71. The van der Waals surface area contributed by atoms with Crippen LogP contribution in [0.1, 0.15) is 85.5 Å². The molecule has 0 fully saturated rings. The summed E-state index contributed by atoms with van der Waals surface area (Å²) in [6.45, 7) is 4.35. The highest BCUT2D eigenvalue weighted by atomic mass is 16.5. The molecule has 218 valence electrons. The van der Waals surface area contributed by atoms with Crippen molar-refractivity contribution < 1.29 is 9.53 Å². The van der Waals surface area contributed by atoms with Gasteiger partial charge in [0, 0.05) is 6.21 Å². The van der Waals surface area contributed by atoms with E-state index in [1.165, 1.54) is 49.7 Å². The van der Waals surface area contributed by atoms with Crippen LogP contribution < -0.4 is 4.74 Å². The molecule has 0 heterocycles. The van der Waals surface area contributed by atoms with E-state index in [0.29, 0.717) is 11.3 Å². The van der Waals surface area contributed by atoms with E-state index >= 15 is 0 Å². The first-order chi connectivity index (χ1) is 21.1. The monoisotopic (exact) mass is 567 g/mol. The summed E-state index contributed by atoms with van der Waals surface area (Å²) in [7, 11) is 0. The molecule has 3 nitrogen and oxygen atoms in total. The number of carbonyl (C=O) groups excluding carboxylic acids is 1. The Labute approximate surface area is 256 Å². The Bertz CT molecular complexity index is 1640. The van der Waals surface area contributed by atoms with Crippen molar-refractivity contribution in [3.05, 3.63) is 138 Å². The average molecular weight is 568 g/mol.